The Morgan fingerprint density at radius 1 is 1.32 bits per heavy atom. The fourth-order valence-corrected chi connectivity index (χ4v) is 3.21. The zero-order chi connectivity index (χ0) is 13.9. The van der Waals surface area contributed by atoms with Crippen LogP contribution in [0.3, 0.4) is 0 Å². The van der Waals surface area contributed by atoms with E-state index in [0.29, 0.717) is 39.0 Å². The molecular formula is C14H29NO3S. The number of hydrogen-bond donors (Lipinski definition) is 2. The Hall–Kier alpha value is 0.190. The van der Waals surface area contributed by atoms with E-state index in [1.165, 1.54) is 25.7 Å². The molecule has 0 saturated heterocycles. The van der Waals surface area contributed by atoms with Gasteiger partial charge in [-0.25, -0.2) is 0 Å². The predicted octanol–water partition coefficient (Wildman–Crippen LogP) is 1.66. The smallest absolute Gasteiger partial charge is 0.0897 e. The lowest BCUT2D eigenvalue weighted by Gasteiger charge is -2.29. The van der Waals surface area contributed by atoms with Crippen molar-refractivity contribution in [3.8, 4) is 0 Å². The molecule has 4 nitrogen and oxygen atoms in total. The fraction of sp³-hybridized carbons (Fsp3) is 1.00. The van der Waals surface area contributed by atoms with Crippen molar-refractivity contribution in [3.05, 3.63) is 0 Å². The van der Waals surface area contributed by atoms with Crippen LogP contribution in [0, 0.1) is 0 Å². The molecule has 114 valence electrons. The Labute approximate surface area is 121 Å². The van der Waals surface area contributed by atoms with Gasteiger partial charge in [0.2, 0.25) is 0 Å². The highest BCUT2D eigenvalue weighted by Crippen LogP contribution is 2.26. The van der Waals surface area contributed by atoms with E-state index < -0.39 is 6.10 Å². The highest BCUT2D eigenvalue weighted by molar-refractivity contribution is 7.99. The minimum Gasteiger partial charge on any atom is -0.389 e. The van der Waals surface area contributed by atoms with Crippen LogP contribution in [0.1, 0.15) is 32.6 Å². The molecule has 5 heteroatoms. The maximum atomic E-state index is 9.83. The second-order valence-corrected chi connectivity index (χ2v) is 6.19. The maximum absolute atomic E-state index is 9.83. The summed E-state index contributed by atoms with van der Waals surface area (Å²) in [6, 6.07) is 0.560. The van der Waals surface area contributed by atoms with Crippen LogP contribution in [0.25, 0.3) is 0 Å². The van der Waals surface area contributed by atoms with Crippen LogP contribution in [-0.2, 0) is 9.47 Å². The van der Waals surface area contributed by atoms with Crippen molar-refractivity contribution in [1.82, 2.24) is 5.32 Å². The zero-order valence-electron chi connectivity index (χ0n) is 12.3. The summed E-state index contributed by atoms with van der Waals surface area (Å²) in [6.45, 7) is 4.85. The molecule has 0 spiro atoms. The molecule has 0 heterocycles. The molecule has 3 atom stereocenters. The Morgan fingerprint density at radius 2 is 2.11 bits per heavy atom. The third kappa shape index (κ3) is 8.15. The van der Waals surface area contributed by atoms with E-state index in [1.807, 2.05) is 18.7 Å². The summed E-state index contributed by atoms with van der Waals surface area (Å²) in [6.07, 6.45) is 6.85. The largest absolute Gasteiger partial charge is 0.389 e. The molecule has 1 aliphatic carbocycles. The number of nitrogens with one attached hydrogen (secondary N) is 1. The molecule has 1 rings (SSSR count). The fourth-order valence-electron chi connectivity index (χ4n) is 2.39. The van der Waals surface area contributed by atoms with E-state index in [0.717, 1.165) is 5.25 Å². The van der Waals surface area contributed by atoms with Gasteiger partial charge >= 0.3 is 0 Å². The molecule has 0 aliphatic heterocycles. The summed E-state index contributed by atoms with van der Waals surface area (Å²) in [7, 11) is 0. The van der Waals surface area contributed by atoms with Gasteiger partial charge in [0, 0.05) is 24.4 Å². The number of thioether (sulfide) groups is 1. The molecule has 19 heavy (non-hydrogen) atoms. The van der Waals surface area contributed by atoms with E-state index in [2.05, 4.69) is 11.6 Å². The van der Waals surface area contributed by atoms with Gasteiger partial charge in [-0.15, -0.1) is 0 Å². The van der Waals surface area contributed by atoms with Gasteiger partial charge in [-0.3, -0.25) is 0 Å². The van der Waals surface area contributed by atoms with Gasteiger partial charge in [0.15, 0.2) is 0 Å². The molecule has 1 fully saturated rings. The first-order valence-corrected chi connectivity index (χ1v) is 8.64. The molecular weight excluding hydrogens is 262 g/mol. The minimum atomic E-state index is -0.420. The lowest BCUT2D eigenvalue weighted by molar-refractivity contribution is 0.00543. The molecule has 0 amide bonds. The van der Waals surface area contributed by atoms with Crippen LogP contribution in [0.2, 0.25) is 0 Å². The van der Waals surface area contributed by atoms with Crippen LogP contribution in [-0.4, -0.2) is 61.7 Å². The van der Waals surface area contributed by atoms with E-state index in [4.69, 9.17) is 9.47 Å². The van der Waals surface area contributed by atoms with Crippen molar-refractivity contribution in [2.75, 3.05) is 39.2 Å². The second-order valence-electron chi connectivity index (χ2n) is 5.06. The first-order valence-electron chi connectivity index (χ1n) is 7.36. The predicted molar refractivity (Wildman–Crippen MR) is 80.9 cm³/mol. The topological polar surface area (TPSA) is 50.7 Å². The van der Waals surface area contributed by atoms with Crippen LogP contribution in [0.4, 0.5) is 0 Å². The SMILES string of the molecule is CCOCCOCC(O)CNC1CCCC(SC)C1. The van der Waals surface area contributed by atoms with Gasteiger partial charge in [-0.2, -0.15) is 11.8 Å². The standard InChI is InChI=1S/C14H29NO3S/c1-3-17-7-8-18-11-13(16)10-15-12-5-4-6-14(9-12)19-2/h12-16H,3-11H2,1-2H3. The molecule has 0 aromatic heterocycles. The Bertz CT molecular complexity index is 219. The molecule has 0 radical (unpaired) electrons. The van der Waals surface area contributed by atoms with Crippen molar-refractivity contribution >= 4 is 11.8 Å². The Kier molecular flexibility index (Phi) is 9.91. The lowest BCUT2D eigenvalue weighted by atomic mass is 9.95. The summed E-state index contributed by atoms with van der Waals surface area (Å²) >= 11 is 1.96. The maximum Gasteiger partial charge on any atom is 0.0897 e. The average Bonchev–Trinajstić information content (AvgIpc) is 2.45. The van der Waals surface area contributed by atoms with Crippen LogP contribution >= 0.6 is 11.8 Å². The number of ether oxygens (including phenoxy) is 2. The van der Waals surface area contributed by atoms with E-state index >= 15 is 0 Å². The molecule has 0 bridgehead atoms. The molecule has 0 aromatic rings. The van der Waals surface area contributed by atoms with Gasteiger partial charge in [0.1, 0.15) is 0 Å². The van der Waals surface area contributed by atoms with Gasteiger partial charge in [-0.1, -0.05) is 6.42 Å². The lowest BCUT2D eigenvalue weighted by Crippen LogP contribution is -2.40. The summed E-state index contributed by atoms with van der Waals surface area (Å²) in [5.41, 5.74) is 0. The third-order valence-corrected chi connectivity index (χ3v) is 4.58. The van der Waals surface area contributed by atoms with Crippen LogP contribution in [0.15, 0.2) is 0 Å². The van der Waals surface area contributed by atoms with Crippen molar-refractivity contribution in [3.63, 3.8) is 0 Å². The van der Waals surface area contributed by atoms with Crippen molar-refractivity contribution < 1.29 is 14.6 Å². The molecule has 1 saturated carbocycles. The number of rotatable bonds is 10. The first-order chi connectivity index (χ1) is 9.26. The Balaban J connectivity index is 2.01. The second kappa shape index (κ2) is 10.9. The van der Waals surface area contributed by atoms with Crippen molar-refractivity contribution in [1.29, 1.82) is 0 Å². The van der Waals surface area contributed by atoms with Crippen LogP contribution in [0.5, 0.6) is 0 Å². The molecule has 1 aliphatic rings. The summed E-state index contributed by atoms with van der Waals surface area (Å²) in [4.78, 5) is 0. The molecule has 0 aromatic carbocycles. The highest BCUT2D eigenvalue weighted by atomic mass is 32.2. The summed E-state index contributed by atoms with van der Waals surface area (Å²) < 4.78 is 10.5. The van der Waals surface area contributed by atoms with E-state index in [1.54, 1.807) is 0 Å². The number of hydrogen-bond acceptors (Lipinski definition) is 5. The normalized spacial score (nSPS) is 25.4. The number of aliphatic hydroxyl groups is 1. The molecule has 2 N–H and O–H groups in total. The summed E-state index contributed by atoms with van der Waals surface area (Å²) in [5, 5.41) is 14.1. The quantitative estimate of drug-likeness (QED) is 0.600. The minimum absolute atomic E-state index is 0.388. The average molecular weight is 291 g/mol. The van der Waals surface area contributed by atoms with Gasteiger partial charge in [0.25, 0.3) is 0 Å². The van der Waals surface area contributed by atoms with E-state index in [9.17, 15) is 5.11 Å². The van der Waals surface area contributed by atoms with Crippen molar-refractivity contribution in [2.45, 2.75) is 50.0 Å². The highest BCUT2D eigenvalue weighted by Gasteiger charge is 2.21. The monoisotopic (exact) mass is 291 g/mol. The number of aliphatic hydroxyl groups excluding tert-OH is 1. The third-order valence-electron chi connectivity index (χ3n) is 3.49. The van der Waals surface area contributed by atoms with E-state index in [-0.39, 0.29) is 0 Å². The van der Waals surface area contributed by atoms with Crippen LogP contribution < -0.4 is 5.32 Å². The first kappa shape index (κ1) is 17.2. The summed E-state index contributed by atoms with van der Waals surface area (Å²) in [5.74, 6) is 0. The van der Waals surface area contributed by atoms with Gasteiger partial charge < -0.3 is 19.9 Å². The molecule has 3 unspecified atom stereocenters. The van der Waals surface area contributed by atoms with Gasteiger partial charge in [0.05, 0.1) is 25.9 Å². The Morgan fingerprint density at radius 3 is 2.84 bits per heavy atom. The van der Waals surface area contributed by atoms with Gasteiger partial charge in [-0.05, 0) is 32.4 Å². The van der Waals surface area contributed by atoms with Crippen molar-refractivity contribution in [2.24, 2.45) is 0 Å². The zero-order valence-corrected chi connectivity index (χ0v) is 13.1.